The molecule has 8 heteroatoms. The van der Waals surface area contributed by atoms with Crippen molar-refractivity contribution in [3.8, 4) is 0 Å². The molecular formula is C52H90NO7+. The number of aliphatic carboxylic acids is 1. The van der Waals surface area contributed by atoms with E-state index in [0.717, 1.165) is 96.3 Å². The van der Waals surface area contributed by atoms with Gasteiger partial charge in [0.1, 0.15) is 6.61 Å². The van der Waals surface area contributed by atoms with Crippen molar-refractivity contribution in [1.29, 1.82) is 0 Å². The van der Waals surface area contributed by atoms with Crippen molar-refractivity contribution in [3.05, 3.63) is 72.9 Å². The van der Waals surface area contributed by atoms with E-state index in [4.69, 9.17) is 14.2 Å². The highest BCUT2D eigenvalue weighted by molar-refractivity contribution is 5.72. The summed E-state index contributed by atoms with van der Waals surface area (Å²) in [6.45, 7) is 4.58. The highest BCUT2D eigenvalue weighted by Gasteiger charge is 2.31. The van der Waals surface area contributed by atoms with E-state index in [1.807, 2.05) is 21.1 Å². The first kappa shape index (κ1) is 56.8. The molecule has 0 fully saturated rings. The summed E-state index contributed by atoms with van der Waals surface area (Å²) in [5.41, 5.74) is 0. The van der Waals surface area contributed by atoms with Crippen molar-refractivity contribution in [2.45, 2.75) is 199 Å². The lowest BCUT2D eigenvalue weighted by Crippen LogP contribution is -2.50. The minimum atomic E-state index is -0.881. The number of carbonyl (C=O) groups is 3. The van der Waals surface area contributed by atoms with Crippen molar-refractivity contribution in [2.75, 3.05) is 41.0 Å². The summed E-state index contributed by atoms with van der Waals surface area (Å²) in [6, 6.07) is -0.622. The van der Waals surface area contributed by atoms with E-state index in [-0.39, 0.29) is 36.2 Å². The maximum Gasteiger partial charge on any atom is 0.362 e. The van der Waals surface area contributed by atoms with E-state index < -0.39 is 18.1 Å². The van der Waals surface area contributed by atoms with Crippen molar-refractivity contribution < 1.29 is 38.2 Å². The van der Waals surface area contributed by atoms with Crippen LogP contribution in [-0.4, -0.2) is 80.6 Å². The average molecular weight is 841 g/mol. The molecule has 1 N–H and O–H groups in total. The molecule has 0 heterocycles. The van der Waals surface area contributed by atoms with E-state index >= 15 is 0 Å². The lowest BCUT2D eigenvalue weighted by molar-refractivity contribution is -0.887. The molecule has 0 aromatic carbocycles. The van der Waals surface area contributed by atoms with Crippen LogP contribution in [0.2, 0.25) is 0 Å². The molecule has 0 aliphatic heterocycles. The smallest absolute Gasteiger partial charge is 0.362 e. The molecule has 0 aromatic rings. The van der Waals surface area contributed by atoms with Crippen LogP contribution in [0.25, 0.3) is 0 Å². The predicted molar refractivity (Wildman–Crippen MR) is 252 cm³/mol. The zero-order valence-corrected chi connectivity index (χ0v) is 39.1. The minimum absolute atomic E-state index is 0.0488. The molecule has 344 valence electrons. The largest absolute Gasteiger partial charge is 0.477 e. The molecule has 0 radical (unpaired) electrons. The first-order valence-electron chi connectivity index (χ1n) is 24.0. The van der Waals surface area contributed by atoms with Crippen LogP contribution >= 0.6 is 0 Å². The Bertz CT molecular complexity index is 1210. The summed E-state index contributed by atoms with van der Waals surface area (Å²) < 4.78 is 17.3. The summed E-state index contributed by atoms with van der Waals surface area (Å²) >= 11 is 0. The Kier molecular flexibility index (Phi) is 40.2. The third kappa shape index (κ3) is 40.2. The van der Waals surface area contributed by atoms with Crippen LogP contribution in [0.4, 0.5) is 0 Å². The minimum Gasteiger partial charge on any atom is -0.477 e. The number of ether oxygens (including phenoxy) is 3. The van der Waals surface area contributed by atoms with E-state index in [0.29, 0.717) is 19.3 Å². The van der Waals surface area contributed by atoms with E-state index in [1.165, 1.54) is 57.8 Å². The zero-order valence-electron chi connectivity index (χ0n) is 39.1. The number of hydrogen-bond acceptors (Lipinski definition) is 6. The third-order valence-corrected chi connectivity index (χ3v) is 10.3. The molecular weight excluding hydrogens is 751 g/mol. The van der Waals surface area contributed by atoms with Crippen LogP contribution < -0.4 is 0 Å². The van der Waals surface area contributed by atoms with Crippen LogP contribution in [0.3, 0.4) is 0 Å². The summed E-state index contributed by atoms with van der Waals surface area (Å²) in [5, 5.41) is 9.63. The molecule has 2 unspecified atom stereocenters. The molecule has 0 bridgehead atoms. The number of likely N-dealkylation sites (N-methyl/N-ethyl adjacent to an activating group) is 1. The number of nitrogens with zero attached hydrogens (tertiary/aromatic N) is 1. The van der Waals surface area contributed by atoms with Gasteiger partial charge in [0.2, 0.25) is 0 Å². The van der Waals surface area contributed by atoms with Crippen LogP contribution in [0.1, 0.15) is 187 Å². The molecule has 0 saturated carbocycles. The van der Waals surface area contributed by atoms with Crippen LogP contribution in [0.5, 0.6) is 0 Å². The van der Waals surface area contributed by atoms with Gasteiger partial charge < -0.3 is 23.8 Å². The van der Waals surface area contributed by atoms with Crippen molar-refractivity contribution in [2.24, 2.45) is 0 Å². The first-order valence-corrected chi connectivity index (χ1v) is 24.0. The number of carboxylic acids is 1. The second-order valence-corrected chi connectivity index (χ2v) is 17.0. The Morgan fingerprint density at radius 1 is 0.517 bits per heavy atom. The SMILES string of the molecule is CC/C=C/C/C=C/C/C=C/C/C=C/C/C=C/CCCCCCCCCC(=O)OC(COCCC(C(=O)O)[N+](C)(C)C)COC(=O)CCCCC/C=C/CCCCCCCC. The van der Waals surface area contributed by atoms with Crippen LogP contribution in [0.15, 0.2) is 72.9 Å². The van der Waals surface area contributed by atoms with Crippen molar-refractivity contribution in [3.63, 3.8) is 0 Å². The van der Waals surface area contributed by atoms with Gasteiger partial charge in [0.05, 0.1) is 34.4 Å². The number of quaternary nitrogens is 1. The molecule has 0 spiro atoms. The number of unbranched alkanes of at least 4 members (excludes halogenated alkanes) is 16. The summed E-state index contributed by atoms with van der Waals surface area (Å²) in [7, 11) is 5.52. The monoisotopic (exact) mass is 841 g/mol. The molecule has 8 nitrogen and oxygen atoms in total. The summed E-state index contributed by atoms with van der Waals surface area (Å²) in [6.07, 6.45) is 53.7. The molecule has 2 atom stereocenters. The number of rotatable bonds is 42. The van der Waals surface area contributed by atoms with Gasteiger partial charge in [0.25, 0.3) is 0 Å². The molecule has 0 saturated heterocycles. The van der Waals surface area contributed by atoms with Gasteiger partial charge >= 0.3 is 17.9 Å². The lowest BCUT2D eigenvalue weighted by Gasteiger charge is -2.31. The van der Waals surface area contributed by atoms with Gasteiger partial charge in [-0.2, -0.15) is 0 Å². The van der Waals surface area contributed by atoms with Gasteiger partial charge in [-0.25, -0.2) is 4.79 Å². The Morgan fingerprint density at radius 3 is 1.42 bits per heavy atom. The maximum absolute atomic E-state index is 12.8. The van der Waals surface area contributed by atoms with Gasteiger partial charge in [0.15, 0.2) is 12.1 Å². The first-order chi connectivity index (χ1) is 29.1. The highest BCUT2D eigenvalue weighted by Crippen LogP contribution is 2.14. The van der Waals surface area contributed by atoms with Crippen molar-refractivity contribution in [1.82, 2.24) is 0 Å². The zero-order chi connectivity index (χ0) is 44.2. The summed E-state index contributed by atoms with van der Waals surface area (Å²) in [4.78, 5) is 37.0. The third-order valence-electron chi connectivity index (χ3n) is 10.3. The van der Waals surface area contributed by atoms with Gasteiger partial charge in [-0.15, -0.1) is 0 Å². The Balaban J connectivity index is 4.32. The molecule has 0 aliphatic rings. The standard InChI is InChI=1S/C52H89NO7/c1-6-8-10-12-14-16-18-20-21-22-23-24-25-26-27-28-29-31-33-35-37-39-41-43-51(55)60-48(46-58-45-44-49(52(56)57)53(3,4)5)47-59-50(54)42-40-38-36-34-32-30-19-17-15-13-11-9-7-2/h8,10,14,16,20-21,23-24,26-27,30,32,48-49H,6-7,9,11-13,15,17-19,22,25,28-29,31,33-47H2,1-5H3/p+1/b10-8+,16-14+,21-20+,24-23+,27-26+,32-30+. The highest BCUT2D eigenvalue weighted by atomic mass is 16.6. The molecule has 0 rings (SSSR count). The fourth-order valence-electron chi connectivity index (χ4n) is 6.64. The number of allylic oxidation sites excluding steroid dienone is 12. The van der Waals surface area contributed by atoms with E-state index in [2.05, 4.69) is 86.8 Å². The quantitative estimate of drug-likeness (QED) is 0.0283. The number of carboxylic acid groups (broad SMARTS) is 1. The number of carbonyl (C=O) groups excluding carboxylic acids is 2. The topological polar surface area (TPSA) is 99.1 Å². The van der Waals surface area contributed by atoms with Gasteiger partial charge in [-0.3, -0.25) is 9.59 Å². The number of esters is 2. The predicted octanol–water partition coefficient (Wildman–Crippen LogP) is 13.5. The van der Waals surface area contributed by atoms with Gasteiger partial charge in [-0.05, 0) is 83.5 Å². The molecule has 0 aromatic heterocycles. The number of hydrogen-bond donors (Lipinski definition) is 1. The van der Waals surface area contributed by atoms with E-state index in [1.54, 1.807) is 0 Å². The molecule has 0 amide bonds. The van der Waals surface area contributed by atoms with Crippen LogP contribution in [0, 0.1) is 0 Å². The maximum atomic E-state index is 12.8. The Morgan fingerprint density at radius 2 is 0.933 bits per heavy atom. The van der Waals surface area contributed by atoms with Crippen LogP contribution in [-0.2, 0) is 28.6 Å². The second-order valence-electron chi connectivity index (χ2n) is 17.0. The normalized spacial score (nSPS) is 13.6. The fourth-order valence-corrected chi connectivity index (χ4v) is 6.64. The summed E-state index contributed by atoms with van der Waals surface area (Å²) in [5.74, 6) is -1.51. The van der Waals surface area contributed by atoms with Gasteiger partial charge in [-0.1, -0.05) is 157 Å². The van der Waals surface area contributed by atoms with Crippen molar-refractivity contribution >= 4 is 17.9 Å². The Hall–Kier alpha value is -3.23. The lowest BCUT2D eigenvalue weighted by atomic mass is 10.1. The second kappa shape index (κ2) is 42.5. The van der Waals surface area contributed by atoms with E-state index in [9.17, 15) is 19.5 Å². The van der Waals surface area contributed by atoms with Gasteiger partial charge in [0, 0.05) is 19.3 Å². The average Bonchev–Trinajstić information content (AvgIpc) is 3.21. The molecule has 0 aliphatic carbocycles. The Labute approximate surface area is 368 Å². The fraction of sp³-hybridized carbons (Fsp3) is 0.712. The molecule has 60 heavy (non-hydrogen) atoms.